The van der Waals surface area contributed by atoms with Crippen molar-refractivity contribution in [3.8, 4) is 0 Å². The first kappa shape index (κ1) is 11.0. The Morgan fingerprint density at radius 3 is 3.00 bits per heavy atom. The highest BCUT2D eigenvalue weighted by molar-refractivity contribution is 5.86. The molecule has 5 nitrogen and oxygen atoms in total. The SMILES string of the molecule is COC(=O)C1CC(=O)N(CCCN)C1. The minimum atomic E-state index is -0.298. The van der Waals surface area contributed by atoms with Crippen LogP contribution < -0.4 is 5.73 Å². The molecule has 1 aliphatic rings. The molecule has 1 unspecified atom stereocenters. The highest BCUT2D eigenvalue weighted by atomic mass is 16.5. The van der Waals surface area contributed by atoms with Gasteiger partial charge in [0.05, 0.1) is 13.0 Å². The maximum atomic E-state index is 11.4. The molecule has 0 aromatic carbocycles. The van der Waals surface area contributed by atoms with Crippen molar-refractivity contribution in [3.63, 3.8) is 0 Å². The zero-order chi connectivity index (χ0) is 10.6. The summed E-state index contributed by atoms with van der Waals surface area (Å²) in [4.78, 5) is 24.2. The number of ether oxygens (including phenoxy) is 1. The van der Waals surface area contributed by atoms with E-state index in [2.05, 4.69) is 4.74 Å². The van der Waals surface area contributed by atoms with Gasteiger partial charge in [-0.3, -0.25) is 9.59 Å². The number of amides is 1. The third kappa shape index (κ3) is 2.45. The molecular weight excluding hydrogens is 184 g/mol. The van der Waals surface area contributed by atoms with E-state index in [0.717, 1.165) is 6.42 Å². The van der Waals surface area contributed by atoms with Gasteiger partial charge in [0.2, 0.25) is 5.91 Å². The van der Waals surface area contributed by atoms with Gasteiger partial charge in [-0.15, -0.1) is 0 Å². The molecule has 0 aromatic rings. The summed E-state index contributed by atoms with van der Waals surface area (Å²) >= 11 is 0. The quantitative estimate of drug-likeness (QED) is 0.612. The Morgan fingerprint density at radius 2 is 2.43 bits per heavy atom. The summed E-state index contributed by atoms with van der Waals surface area (Å²) in [6.45, 7) is 1.68. The molecule has 80 valence electrons. The number of rotatable bonds is 4. The van der Waals surface area contributed by atoms with Crippen LogP contribution in [-0.4, -0.2) is 43.5 Å². The second-order valence-electron chi connectivity index (χ2n) is 3.41. The number of hydrogen-bond acceptors (Lipinski definition) is 4. The summed E-state index contributed by atoms with van der Waals surface area (Å²) in [5, 5.41) is 0. The molecule has 0 aliphatic carbocycles. The molecular formula is C9H16N2O3. The number of likely N-dealkylation sites (tertiary alicyclic amines) is 1. The predicted octanol–water partition coefficient (Wildman–Crippen LogP) is -0.643. The van der Waals surface area contributed by atoms with Crippen molar-refractivity contribution < 1.29 is 14.3 Å². The van der Waals surface area contributed by atoms with Gasteiger partial charge in [0.1, 0.15) is 0 Å². The number of esters is 1. The van der Waals surface area contributed by atoms with Gasteiger partial charge >= 0.3 is 5.97 Å². The second kappa shape index (κ2) is 4.95. The number of carbonyl (C=O) groups is 2. The molecule has 5 heteroatoms. The molecule has 1 aliphatic heterocycles. The summed E-state index contributed by atoms with van der Waals surface area (Å²) < 4.78 is 4.59. The molecule has 1 amide bonds. The molecule has 2 N–H and O–H groups in total. The smallest absolute Gasteiger partial charge is 0.310 e. The lowest BCUT2D eigenvalue weighted by Gasteiger charge is -2.15. The number of nitrogens with zero attached hydrogens (tertiary/aromatic N) is 1. The Labute approximate surface area is 83.2 Å². The van der Waals surface area contributed by atoms with Gasteiger partial charge in [-0.1, -0.05) is 0 Å². The van der Waals surface area contributed by atoms with E-state index in [-0.39, 0.29) is 24.2 Å². The average molecular weight is 200 g/mol. The maximum Gasteiger partial charge on any atom is 0.310 e. The Morgan fingerprint density at radius 1 is 1.71 bits per heavy atom. The third-order valence-electron chi connectivity index (χ3n) is 2.38. The van der Waals surface area contributed by atoms with Crippen LogP contribution in [0.4, 0.5) is 0 Å². The van der Waals surface area contributed by atoms with Crippen molar-refractivity contribution in [1.82, 2.24) is 4.90 Å². The maximum absolute atomic E-state index is 11.4. The zero-order valence-electron chi connectivity index (χ0n) is 8.36. The highest BCUT2D eigenvalue weighted by Gasteiger charge is 2.34. The topological polar surface area (TPSA) is 72.6 Å². The summed E-state index contributed by atoms with van der Waals surface area (Å²) in [6, 6.07) is 0. The summed E-state index contributed by atoms with van der Waals surface area (Å²) in [6.07, 6.45) is 1.05. The molecule has 0 aromatic heterocycles. The van der Waals surface area contributed by atoms with Gasteiger partial charge in [-0.2, -0.15) is 0 Å². The molecule has 0 bridgehead atoms. The van der Waals surface area contributed by atoms with E-state index in [0.29, 0.717) is 19.6 Å². The zero-order valence-corrected chi connectivity index (χ0v) is 8.36. The van der Waals surface area contributed by atoms with Gasteiger partial charge in [0, 0.05) is 19.5 Å². The predicted molar refractivity (Wildman–Crippen MR) is 50.4 cm³/mol. The van der Waals surface area contributed by atoms with Crippen LogP contribution in [0.5, 0.6) is 0 Å². The molecule has 1 fully saturated rings. The van der Waals surface area contributed by atoms with E-state index < -0.39 is 0 Å². The lowest BCUT2D eigenvalue weighted by molar-refractivity contribution is -0.145. The lowest BCUT2D eigenvalue weighted by Crippen LogP contribution is -2.28. The van der Waals surface area contributed by atoms with Crippen LogP contribution in [0.15, 0.2) is 0 Å². The van der Waals surface area contributed by atoms with E-state index in [9.17, 15) is 9.59 Å². The number of methoxy groups -OCH3 is 1. The number of hydrogen-bond donors (Lipinski definition) is 1. The number of nitrogens with two attached hydrogens (primary N) is 1. The Kier molecular flexibility index (Phi) is 3.88. The van der Waals surface area contributed by atoms with E-state index in [1.165, 1.54) is 7.11 Å². The van der Waals surface area contributed by atoms with E-state index >= 15 is 0 Å². The Hall–Kier alpha value is -1.10. The van der Waals surface area contributed by atoms with Crippen LogP contribution in [0.2, 0.25) is 0 Å². The van der Waals surface area contributed by atoms with Crippen molar-refractivity contribution in [1.29, 1.82) is 0 Å². The fourth-order valence-electron chi connectivity index (χ4n) is 1.59. The summed E-state index contributed by atoms with van der Waals surface area (Å²) in [7, 11) is 1.34. The van der Waals surface area contributed by atoms with Gasteiger partial charge in [-0.05, 0) is 13.0 Å². The molecule has 1 saturated heterocycles. The van der Waals surface area contributed by atoms with Crippen molar-refractivity contribution >= 4 is 11.9 Å². The summed E-state index contributed by atoms with van der Waals surface area (Å²) in [5.74, 6) is -0.562. The molecule has 1 rings (SSSR count). The molecule has 14 heavy (non-hydrogen) atoms. The monoisotopic (exact) mass is 200 g/mol. The fraction of sp³-hybridized carbons (Fsp3) is 0.778. The van der Waals surface area contributed by atoms with Crippen LogP contribution >= 0.6 is 0 Å². The summed E-state index contributed by atoms with van der Waals surface area (Å²) in [5.41, 5.74) is 5.34. The van der Waals surface area contributed by atoms with Gasteiger partial charge in [0.25, 0.3) is 0 Å². The third-order valence-corrected chi connectivity index (χ3v) is 2.38. The first-order valence-electron chi connectivity index (χ1n) is 4.74. The molecule has 0 radical (unpaired) electrons. The van der Waals surface area contributed by atoms with Gasteiger partial charge < -0.3 is 15.4 Å². The largest absolute Gasteiger partial charge is 0.469 e. The highest BCUT2D eigenvalue weighted by Crippen LogP contribution is 2.18. The van der Waals surface area contributed by atoms with E-state index in [4.69, 9.17) is 5.73 Å². The standard InChI is InChI=1S/C9H16N2O3/c1-14-9(13)7-5-8(12)11(6-7)4-2-3-10/h7H,2-6,10H2,1H3. The first-order chi connectivity index (χ1) is 6.69. The molecule has 0 saturated carbocycles. The lowest BCUT2D eigenvalue weighted by atomic mass is 10.1. The average Bonchev–Trinajstić information content (AvgIpc) is 2.56. The minimum absolute atomic E-state index is 0.0221. The Balaban J connectivity index is 2.43. The second-order valence-corrected chi connectivity index (χ2v) is 3.41. The first-order valence-corrected chi connectivity index (χ1v) is 4.74. The fourth-order valence-corrected chi connectivity index (χ4v) is 1.59. The molecule has 0 spiro atoms. The van der Waals surface area contributed by atoms with E-state index in [1.807, 2.05) is 0 Å². The van der Waals surface area contributed by atoms with Gasteiger partial charge in [0.15, 0.2) is 0 Å². The Bertz CT molecular complexity index is 230. The van der Waals surface area contributed by atoms with Crippen molar-refractivity contribution in [2.45, 2.75) is 12.8 Å². The van der Waals surface area contributed by atoms with Crippen LogP contribution in [-0.2, 0) is 14.3 Å². The minimum Gasteiger partial charge on any atom is -0.469 e. The molecule has 1 heterocycles. The van der Waals surface area contributed by atoms with Crippen molar-refractivity contribution in [2.75, 3.05) is 26.7 Å². The van der Waals surface area contributed by atoms with Crippen LogP contribution in [0.3, 0.4) is 0 Å². The van der Waals surface area contributed by atoms with Crippen molar-refractivity contribution in [2.24, 2.45) is 11.7 Å². The van der Waals surface area contributed by atoms with E-state index in [1.54, 1.807) is 4.90 Å². The number of carbonyl (C=O) groups excluding carboxylic acids is 2. The van der Waals surface area contributed by atoms with Crippen LogP contribution in [0.1, 0.15) is 12.8 Å². The van der Waals surface area contributed by atoms with Gasteiger partial charge in [-0.25, -0.2) is 0 Å². The molecule has 1 atom stereocenters. The van der Waals surface area contributed by atoms with Crippen molar-refractivity contribution in [3.05, 3.63) is 0 Å². The normalized spacial score (nSPS) is 21.4. The van der Waals surface area contributed by atoms with Crippen LogP contribution in [0.25, 0.3) is 0 Å². The van der Waals surface area contributed by atoms with Crippen LogP contribution in [0, 0.1) is 5.92 Å².